The zero-order valence-electron chi connectivity index (χ0n) is 12.8. The van der Waals surface area contributed by atoms with Crippen LogP contribution in [0.5, 0.6) is 0 Å². The van der Waals surface area contributed by atoms with Crippen molar-refractivity contribution < 1.29 is 9.84 Å². The molecule has 0 spiro atoms. The van der Waals surface area contributed by atoms with E-state index < -0.39 is 0 Å². The Morgan fingerprint density at radius 2 is 1.79 bits per heavy atom. The maximum Gasteiger partial charge on any atom is 0.0581 e. The number of hydrogen-bond acceptors (Lipinski definition) is 2. The van der Waals surface area contributed by atoms with Crippen LogP contribution in [0.4, 0.5) is 0 Å². The Morgan fingerprint density at radius 3 is 2.32 bits per heavy atom. The van der Waals surface area contributed by atoms with Gasteiger partial charge in [0.2, 0.25) is 0 Å². The largest absolute Gasteiger partial charge is 0.393 e. The van der Waals surface area contributed by atoms with Crippen molar-refractivity contribution in [2.45, 2.75) is 58.5 Å². The third-order valence-electron chi connectivity index (χ3n) is 3.32. The van der Waals surface area contributed by atoms with Crippen LogP contribution in [-0.4, -0.2) is 24.4 Å². The summed E-state index contributed by atoms with van der Waals surface area (Å²) in [6.07, 6.45) is 2.20. The maximum atomic E-state index is 9.98. The summed E-state index contributed by atoms with van der Waals surface area (Å²) in [6.45, 7) is 10.1. The molecule has 0 heterocycles. The van der Waals surface area contributed by atoms with Gasteiger partial charge >= 0.3 is 0 Å². The second kappa shape index (κ2) is 7.66. The molecule has 0 fully saturated rings. The van der Waals surface area contributed by atoms with Crippen LogP contribution in [0, 0.1) is 0 Å². The Labute approximate surface area is 117 Å². The minimum absolute atomic E-state index is 0.189. The highest BCUT2D eigenvalue weighted by atomic mass is 16.5. The van der Waals surface area contributed by atoms with Gasteiger partial charge in [-0.05, 0) is 42.7 Å². The van der Waals surface area contributed by atoms with Crippen molar-refractivity contribution in [1.29, 1.82) is 0 Å². The molecule has 0 aliphatic heterocycles. The van der Waals surface area contributed by atoms with E-state index in [0.717, 1.165) is 32.5 Å². The van der Waals surface area contributed by atoms with Crippen molar-refractivity contribution in [3.05, 3.63) is 35.4 Å². The maximum absolute atomic E-state index is 9.98. The molecule has 0 saturated heterocycles. The van der Waals surface area contributed by atoms with Crippen molar-refractivity contribution >= 4 is 0 Å². The summed E-state index contributed by atoms with van der Waals surface area (Å²) in [4.78, 5) is 0. The SMILES string of the molecule is CCOCCCC(O)Cc1ccc(C(C)(C)C)cc1. The highest BCUT2D eigenvalue weighted by Gasteiger charge is 2.13. The van der Waals surface area contributed by atoms with Gasteiger partial charge in [-0.25, -0.2) is 0 Å². The molecule has 2 nitrogen and oxygen atoms in total. The van der Waals surface area contributed by atoms with Gasteiger partial charge in [-0.3, -0.25) is 0 Å². The van der Waals surface area contributed by atoms with Gasteiger partial charge in [0.25, 0.3) is 0 Å². The molecule has 0 bridgehead atoms. The highest BCUT2D eigenvalue weighted by molar-refractivity contribution is 5.27. The molecule has 1 atom stereocenters. The van der Waals surface area contributed by atoms with Gasteiger partial charge in [-0.15, -0.1) is 0 Å². The zero-order chi connectivity index (χ0) is 14.3. The van der Waals surface area contributed by atoms with E-state index in [2.05, 4.69) is 45.0 Å². The Hall–Kier alpha value is -0.860. The molecule has 0 saturated carbocycles. The molecular formula is C17H28O2. The van der Waals surface area contributed by atoms with Gasteiger partial charge in [0.1, 0.15) is 0 Å². The Balaban J connectivity index is 2.40. The fourth-order valence-corrected chi connectivity index (χ4v) is 2.08. The van der Waals surface area contributed by atoms with Crippen LogP contribution < -0.4 is 0 Å². The minimum Gasteiger partial charge on any atom is -0.393 e. The van der Waals surface area contributed by atoms with Gasteiger partial charge in [0.15, 0.2) is 0 Å². The van der Waals surface area contributed by atoms with E-state index in [1.807, 2.05) is 6.92 Å². The van der Waals surface area contributed by atoms with Crippen molar-refractivity contribution in [1.82, 2.24) is 0 Å². The molecule has 1 N–H and O–H groups in total. The van der Waals surface area contributed by atoms with E-state index >= 15 is 0 Å². The lowest BCUT2D eigenvalue weighted by Gasteiger charge is -2.19. The zero-order valence-corrected chi connectivity index (χ0v) is 12.8. The first kappa shape index (κ1) is 16.2. The van der Waals surface area contributed by atoms with Crippen LogP contribution in [0.3, 0.4) is 0 Å². The van der Waals surface area contributed by atoms with Gasteiger partial charge in [-0.1, -0.05) is 45.0 Å². The first-order valence-corrected chi connectivity index (χ1v) is 7.28. The fourth-order valence-electron chi connectivity index (χ4n) is 2.08. The number of aliphatic hydroxyl groups is 1. The molecule has 1 aromatic carbocycles. The predicted molar refractivity (Wildman–Crippen MR) is 80.6 cm³/mol. The van der Waals surface area contributed by atoms with Crippen LogP contribution in [0.15, 0.2) is 24.3 Å². The predicted octanol–water partition coefficient (Wildman–Crippen LogP) is 3.70. The summed E-state index contributed by atoms with van der Waals surface area (Å²) in [7, 11) is 0. The second-order valence-corrected chi connectivity index (χ2v) is 6.14. The molecule has 2 heteroatoms. The smallest absolute Gasteiger partial charge is 0.0581 e. The molecule has 1 unspecified atom stereocenters. The summed E-state index contributed by atoms with van der Waals surface area (Å²) in [5.74, 6) is 0. The number of rotatable bonds is 7. The molecule has 0 aliphatic carbocycles. The van der Waals surface area contributed by atoms with Gasteiger partial charge in [0.05, 0.1) is 6.10 Å². The standard InChI is InChI=1S/C17H28O2/c1-5-19-12-6-7-16(18)13-14-8-10-15(11-9-14)17(2,3)4/h8-11,16,18H,5-7,12-13H2,1-4H3. The average molecular weight is 264 g/mol. The molecule has 0 amide bonds. The van der Waals surface area contributed by atoms with Gasteiger partial charge < -0.3 is 9.84 Å². The Bertz CT molecular complexity index is 349. The van der Waals surface area contributed by atoms with Crippen molar-refractivity contribution in [3.63, 3.8) is 0 Å². The molecule has 1 rings (SSSR count). The quantitative estimate of drug-likeness (QED) is 0.761. The molecule has 19 heavy (non-hydrogen) atoms. The third-order valence-corrected chi connectivity index (χ3v) is 3.32. The van der Waals surface area contributed by atoms with E-state index in [4.69, 9.17) is 4.74 Å². The van der Waals surface area contributed by atoms with Crippen LogP contribution in [0.1, 0.15) is 51.7 Å². The number of hydrogen-bond donors (Lipinski definition) is 1. The second-order valence-electron chi connectivity index (χ2n) is 6.14. The Morgan fingerprint density at radius 1 is 1.16 bits per heavy atom. The van der Waals surface area contributed by atoms with Crippen LogP contribution in [0.2, 0.25) is 0 Å². The normalized spacial score (nSPS) is 13.5. The first-order chi connectivity index (χ1) is 8.93. The van der Waals surface area contributed by atoms with Crippen LogP contribution >= 0.6 is 0 Å². The first-order valence-electron chi connectivity index (χ1n) is 7.28. The topological polar surface area (TPSA) is 29.5 Å². The number of aliphatic hydroxyl groups excluding tert-OH is 1. The van der Waals surface area contributed by atoms with E-state index in [1.165, 1.54) is 11.1 Å². The fraction of sp³-hybridized carbons (Fsp3) is 0.647. The molecule has 0 aliphatic rings. The summed E-state index contributed by atoms with van der Waals surface area (Å²) in [5, 5.41) is 9.98. The monoisotopic (exact) mass is 264 g/mol. The summed E-state index contributed by atoms with van der Waals surface area (Å²) < 4.78 is 5.28. The highest BCUT2D eigenvalue weighted by Crippen LogP contribution is 2.22. The summed E-state index contributed by atoms with van der Waals surface area (Å²) in [6, 6.07) is 8.60. The van der Waals surface area contributed by atoms with Gasteiger partial charge in [0, 0.05) is 13.2 Å². The number of benzene rings is 1. The van der Waals surface area contributed by atoms with Crippen LogP contribution in [-0.2, 0) is 16.6 Å². The van der Waals surface area contributed by atoms with Crippen molar-refractivity contribution in [2.75, 3.05) is 13.2 Å². The molecule has 0 radical (unpaired) electrons. The van der Waals surface area contributed by atoms with E-state index in [0.29, 0.717) is 0 Å². The lowest BCUT2D eigenvalue weighted by Crippen LogP contribution is -2.13. The lowest BCUT2D eigenvalue weighted by molar-refractivity contribution is 0.114. The van der Waals surface area contributed by atoms with Crippen molar-refractivity contribution in [3.8, 4) is 0 Å². The van der Waals surface area contributed by atoms with E-state index in [1.54, 1.807) is 0 Å². The average Bonchev–Trinajstić information content (AvgIpc) is 2.34. The van der Waals surface area contributed by atoms with Crippen molar-refractivity contribution in [2.24, 2.45) is 0 Å². The molecule has 108 valence electrons. The summed E-state index contributed by atoms with van der Waals surface area (Å²) >= 11 is 0. The van der Waals surface area contributed by atoms with Gasteiger partial charge in [-0.2, -0.15) is 0 Å². The van der Waals surface area contributed by atoms with E-state index in [9.17, 15) is 5.11 Å². The molecular weight excluding hydrogens is 236 g/mol. The molecule has 1 aromatic rings. The molecule has 0 aromatic heterocycles. The number of ether oxygens (including phenoxy) is 1. The minimum atomic E-state index is -0.263. The summed E-state index contributed by atoms with van der Waals surface area (Å²) in [5.41, 5.74) is 2.73. The third kappa shape index (κ3) is 6.22. The van der Waals surface area contributed by atoms with Crippen LogP contribution in [0.25, 0.3) is 0 Å². The Kier molecular flexibility index (Phi) is 6.53. The van der Waals surface area contributed by atoms with E-state index in [-0.39, 0.29) is 11.5 Å². The lowest BCUT2D eigenvalue weighted by atomic mass is 9.86.